The van der Waals surface area contributed by atoms with Crippen LogP contribution < -0.4 is 5.73 Å². The number of rotatable bonds is 3. The van der Waals surface area contributed by atoms with Crippen LogP contribution in [0.1, 0.15) is 22.3 Å². The van der Waals surface area contributed by atoms with Gasteiger partial charge in [0, 0.05) is 12.2 Å². The quantitative estimate of drug-likeness (QED) is 0.631. The molecule has 0 aliphatic carbocycles. The van der Waals surface area contributed by atoms with Gasteiger partial charge in [0.15, 0.2) is 0 Å². The fraction of sp³-hybridized carbons (Fsp3) is 0.417. The van der Waals surface area contributed by atoms with Crippen molar-refractivity contribution in [1.82, 2.24) is 5.06 Å². The van der Waals surface area contributed by atoms with Crippen molar-refractivity contribution < 1.29 is 14.4 Å². The van der Waals surface area contributed by atoms with E-state index in [0.717, 1.165) is 25.1 Å². The summed E-state index contributed by atoms with van der Waals surface area (Å²) >= 11 is 0. The number of hydrogen-bond donors (Lipinski definition) is 1. The van der Waals surface area contributed by atoms with Crippen LogP contribution in [0, 0.1) is 0 Å². The number of carbonyl (C=O) groups is 1. The number of nitrogens with two attached hydrogens (primary N) is 1. The van der Waals surface area contributed by atoms with Gasteiger partial charge in [-0.1, -0.05) is 12.1 Å². The highest BCUT2D eigenvalue weighted by molar-refractivity contribution is 5.96. The van der Waals surface area contributed by atoms with E-state index in [4.69, 9.17) is 15.3 Å². The first-order valence-electron chi connectivity index (χ1n) is 5.56. The monoisotopic (exact) mass is 236 g/mol. The lowest BCUT2D eigenvalue weighted by molar-refractivity contribution is -0.117. The molecule has 1 aliphatic rings. The molecule has 1 aromatic carbocycles. The van der Waals surface area contributed by atoms with Crippen molar-refractivity contribution in [3.63, 3.8) is 0 Å². The average Bonchev–Trinajstić information content (AvgIpc) is 2.81. The molecule has 1 aliphatic heterocycles. The predicted molar refractivity (Wildman–Crippen MR) is 63.2 cm³/mol. The summed E-state index contributed by atoms with van der Waals surface area (Å²) in [5.41, 5.74) is 7.52. The molecule has 0 spiro atoms. The van der Waals surface area contributed by atoms with E-state index in [1.54, 1.807) is 6.07 Å². The van der Waals surface area contributed by atoms with Gasteiger partial charge >= 0.3 is 5.97 Å². The average molecular weight is 236 g/mol. The maximum atomic E-state index is 11.7. The van der Waals surface area contributed by atoms with E-state index in [0.29, 0.717) is 17.8 Å². The minimum absolute atomic E-state index is 0.405. The fourth-order valence-electron chi connectivity index (χ4n) is 1.92. The van der Waals surface area contributed by atoms with Gasteiger partial charge in [-0.25, -0.2) is 4.79 Å². The summed E-state index contributed by atoms with van der Waals surface area (Å²) in [5.74, 6) is -0.405. The largest absolute Gasteiger partial charge is 0.465 e. The Morgan fingerprint density at radius 3 is 3.06 bits per heavy atom. The van der Waals surface area contributed by atoms with Gasteiger partial charge in [-0.3, -0.25) is 4.84 Å². The molecule has 5 nitrogen and oxygen atoms in total. The first-order valence-corrected chi connectivity index (χ1v) is 5.56. The maximum Gasteiger partial charge on any atom is 0.340 e. The first kappa shape index (κ1) is 11.9. The number of esters is 1. The van der Waals surface area contributed by atoms with Gasteiger partial charge in [-0.15, -0.1) is 0 Å². The number of anilines is 1. The number of nitrogens with zero attached hydrogens (tertiary/aromatic N) is 1. The normalized spacial score (nSPS) is 16.1. The van der Waals surface area contributed by atoms with Crippen molar-refractivity contribution in [2.75, 3.05) is 26.0 Å². The lowest BCUT2D eigenvalue weighted by Gasteiger charge is -2.16. The molecule has 1 heterocycles. The van der Waals surface area contributed by atoms with Gasteiger partial charge in [0.2, 0.25) is 0 Å². The Bertz CT molecular complexity index is 414. The van der Waals surface area contributed by atoms with Crippen LogP contribution in [0.15, 0.2) is 18.2 Å². The van der Waals surface area contributed by atoms with Crippen LogP contribution >= 0.6 is 0 Å². The van der Waals surface area contributed by atoms with Gasteiger partial charge < -0.3 is 10.5 Å². The van der Waals surface area contributed by atoms with Gasteiger partial charge in [0.25, 0.3) is 0 Å². The second-order valence-electron chi connectivity index (χ2n) is 3.92. The highest BCUT2D eigenvalue weighted by Gasteiger charge is 2.19. The third kappa shape index (κ3) is 2.57. The van der Waals surface area contributed by atoms with Crippen LogP contribution in [0.3, 0.4) is 0 Å². The summed E-state index contributed by atoms with van der Waals surface area (Å²) in [6.07, 6.45) is 1.01. The summed E-state index contributed by atoms with van der Waals surface area (Å²) < 4.78 is 4.74. The molecule has 2 N–H and O–H groups in total. The number of carbonyl (C=O) groups excluding carboxylic acids is 1. The molecule has 1 fully saturated rings. The summed E-state index contributed by atoms with van der Waals surface area (Å²) in [7, 11) is 1.35. The molecular weight excluding hydrogens is 220 g/mol. The highest BCUT2D eigenvalue weighted by atomic mass is 16.7. The third-order valence-corrected chi connectivity index (χ3v) is 2.74. The zero-order valence-electron chi connectivity index (χ0n) is 9.81. The molecule has 0 amide bonds. The molecule has 0 radical (unpaired) electrons. The lowest BCUT2D eigenvalue weighted by Crippen LogP contribution is -2.20. The standard InChI is InChI=1S/C12H16N2O3/c1-16-12(15)11-9(4-2-5-10(11)13)8-14-6-3-7-17-14/h2,4-5H,3,6-8,13H2,1H3. The number of benzene rings is 1. The van der Waals surface area contributed by atoms with Crippen LogP contribution in [-0.4, -0.2) is 31.3 Å². The van der Waals surface area contributed by atoms with E-state index in [9.17, 15) is 4.79 Å². The number of ether oxygens (including phenoxy) is 1. The molecule has 2 rings (SSSR count). The predicted octanol–water partition coefficient (Wildman–Crippen LogP) is 1.19. The van der Waals surface area contributed by atoms with Crippen LogP contribution in [0.4, 0.5) is 5.69 Å². The van der Waals surface area contributed by atoms with E-state index in [-0.39, 0.29) is 0 Å². The van der Waals surface area contributed by atoms with E-state index >= 15 is 0 Å². The van der Waals surface area contributed by atoms with E-state index < -0.39 is 5.97 Å². The Hall–Kier alpha value is -1.59. The van der Waals surface area contributed by atoms with E-state index in [1.807, 2.05) is 17.2 Å². The smallest absolute Gasteiger partial charge is 0.340 e. The number of hydrogen-bond acceptors (Lipinski definition) is 5. The van der Waals surface area contributed by atoms with Crippen molar-refractivity contribution in [2.24, 2.45) is 0 Å². The Morgan fingerprint density at radius 2 is 2.41 bits per heavy atom. The van der Waals surface area contributed by atoms with Crippen LogP contribution in [0.5, 0.6) is 0 Å². The summed E-state index contributed by atoms with van der Waals surface area (Å²) in [5, 5.41) is 1.83. The lowest BCUT2D eigenvalue weighted by atomic mass is 10.1. The van der Waals surface area contributed by atoms with Crippen molar-refractivity contribution >= 4 is 11.7 Å². The summed E-state index contributed by atoms with van der Waals surface area (Å²) in [6, 6.07) is 5.39. The van der Waals surface area contributed by atoms with Crippen LogP contribution in [0.25, 0.3) is 0 Å². The molecule has 0 unspecified atom stereocenters. The first-order chi connectivity index (χ1) is 8.22. The van der Waals surface area contributed by atoms with Gasteiger partial charge in [-0.2, -0.15) is 5.06 Å². The Kier molecular flexibility index (Phi) is 3.61. The summed E-state index contributed by atoms with van der Waals surface area (Å²) in [6.45, 7) is 2.15. The number of hydroxylamine groups is 2. The minimum atomic E-state index is -0.405. The fourth-order valence-corrected chi connectivity index (χ4v) is 1.92. The molecule has 1 aromatic rings. The molecule has 0 atom stereocenters. The second kappa shape index (κ2) is 5.16. The Balaban J connectivity index is 2.25. The third-order valence-electron chi connectivity index (χ3n) is 2.74. The summed E-state index contributed by atoms with van der Waals surface area (Å²) in [4.78, 5) is 17.1. The van der Waals surface area contributed by atoms with Crippen molar-refractivity contribution in [2.45, 2.75) is 13.0 Å². The molecule has 17 heavy (non-hydrogen) atoms. The Morgan fingerprint density at radius 1 is 1.59 bits per heavy atom. The second-order valence-corrected chi connectivity index (χ2v) is 3.92. The molecular formula is C12H16N2O3. The zero-order valence-corrected chi connectivity index (χ0v) is 9.81. The van der Waals surface area contributed by atoms with Crippen LogP contribution in [0.2, 0.25) is 0 Å². The van der Waals surface area contributed by atoms with E-state index in [1.165, 1.54) is 7.11 Å². The molecule has 0 aromatic heterocycles. The van der Waals surface area contributed by atoms with E-state index in [2.05, 4.69) is 0 Å². The van der Waals surface area contributed by atoms with Gasteiger partial charge in [-0.05, 0) is 18.1 Å². The van der Waals surface area contributed by atoms with Crippen molar-refractivity contribution in [1.29, 1.82) is 0 Å². The molecule has 92 valence electrons. The maximum absolute atomic E-state index is 11.7. The van der Waals surface area contributed by atoms with Gasteiger partial charge in [0.05, 0.1) is 25.8 Å². The minimum Gasteiger partial charge on any atom is -0.465 e. The van der Waals surface area contributed by atoms with Gasteiger partial charge in [0.1, 0.15) is 0 Å². The Labute approximate surface area is 100 Å². The van der Waals surface area contributed by atoms with Crippen LogP contribution in [-0.2, 0) is 16.1 Å². The highest BCUT2D eigenvalue weighted by Crippen LogP contribution is 2.21. The van der Waals surface area contributed by atoms with Crippen molar-refractivity contribution in [3.05, 3.63) is 29.3 Å². The molecule has 1 saturated heterocycles. The number of nitrogen functional groups attached to an aromatic ring is 1. The molecule has 5 heteroatoms. The SMILES string of the molecule is COC(=O)c1c(N)cccc1CN1CCCO1. The zero-order chi connectivity index (χ0) is 12.3. The molecule has 0 bridgehead atoms. The molecule has 0 saturated carbocycles. The number of methoxy groups -OCH3 is 1. The van der Waals surface area contributed by atoms with Crippen molar-refractivity contribution in [3.8, 4) is 0 Å². The topological polar surface area (TPSA) is 64.8 Å².